The van der Waals surface area contributed by atoms with E-state index in [4.69, 9.17) is 0 Å². The van der Waals surface area contributed by atoms with Gasteiger partial charge in [-0.1, -0.05) is 6.07 Å². The number of rotatable bonds is 7. The average molecular weight is 330 g/mol. The summed E-state index contributed by atoms with van der Waals surface area (Å²) >= 11 is 0. The summed E-state index contributed by atoms with van der Waals surface area (Å²) in [7, 11) is -0.954. The maximum atomic E-state index is 11.5. The highest BCUT2D eigenvalue weighted by atomic mass is 32.2. The van der Waals surface area contributed by atoms with E-state index in [9.17, 15) is 18.0 Å². The average Bonchev–Trinajstić information content (AvgIpc) is 2.44. The molecule has 0 radical (unpaired) electrons. The van der Waals surface area contributed by atoms with Crippen LogP contribution >= 0.6 is 0 Å². The van der Waals surface area contributed by atoms with Crippen molar-refractivity contribution in [2.24, 2.45) is 0 Å². The van der Waals surface area contributed by atoms with Gasteiger partial charge in [-0.2, -0.15) is 0 Å². The van der Waals surface area contributed by atoms with Crippen molar-refractivity contribution in [2.45, 2.75) is 0 Å². The van der Waals surface area contributed by atoms with Crippen LogP contribution in [0.3, 0.4) is 0 Å². The van der Waals surface area contributed by atoms with Gasteiger partial charge in [-0.3, -0.25) is 14.3 Å². The lowest BCUT2D eigenvalue weighted by Gasteiger charge is -2.22. The number of hydrogen-bond acceptors (Lipinski definition) is 7. The normalized spacial score (nSPS) is 10.7. The van der Waals surface area contributed by atoms with Crippen molar-refractivity contribution < 1.29 is 27.5 Å². The molecule has 22 heavy (non-hydrogen) atoms. The molecule has 0 saturated heterocycles. The molecule has 0 heterocycles. The van der Waals surface area contributed by atoms with Crippen LogP contribution in [0.1, 0.15) is 0 Å². The minimum Gasteiger partial charge on any atom is -0.468 e. The van der Waals surface area contributed by atoms with Crippen molar-refractivity contribution in [3.8, 4) is 0 Å². The van der Waals surface area contributed by atoms with Gasteiger partial charge in [0.05, 0.1) is 26.2 Å². The van der Waals surface area contributed by atoms with E-state index < -0.39 is 22.0 Å². The Morgan fingerprint density at radius 1 is 1.14 bits per heavy atom. The molecular weight excluding hydrogens is 312 g/mol. The van der Waals surface area contributed by atoms with Gasteiger partial charge in [0, 0.05) is 5.69 Å². The van der Waals surface area contributed by atoms with Crippen molar-refractivity contribution in [1.82, 2.24) is 0 Å². The fraction of sp³-hybridized carbons (Fsp3) is 0.385. The Balaban J connectivity index is 3.04. The largest absolute Gasteiger partial charge is 0.468 e. The quantitative estimate of drug-likeness (QED) is 0.713. The zero-order chi connectivity index (χ0) is 16.8. The van der Waals surface area contributed by atoms with E-state index in [1.54, 1.807) is 18.2 Å². The molecule has 0 unspecified atom stereocenters. The Morgan fingerprint density at radius 3 is 2.14 bits per heavy atom. The Bertz CT molecular complexity index is 626. The van der Waals surface area contributed by atoms with Crippen molar-refractivity contribution in [1.29, 1.82) is 0 Å². The van der Waals surface area contributed by atoms with E-state index >= 15 is 0 Å². The van der Waals surface area contributed by atoms with Crippen molar-refractivity contribution in [3.63, 3.8) is 0 Å². The molecule has 0 aromatic heterocycles. The van der Waals surface area contributed by atoms with Crippen LogP contribution in [-0.2, 0) is 29.1 Å². The van der Waals surface area contributed by atoms with Gasteiger partial charge < -0.3 is 14.4 Å². The molecule has 9 heteroatoms. The molecule has 0 saturated carbocycles. The number of ether oxygens (including phenoxy) is 2. The predicted octanol–water partition coefficient (Wildman–Crippen LogP) is 0.210. The first kappa shape index (κ1) is 17.8. The molecule has 0 bridgehead atoms. The highest BCUT2D eigenvalue weighted by Gasteiger charge is 2.16. The van der Waals surface area contributed by atoms with Gasteiger partial charge in [0.25, 0.3) is 0 Å². The van der Waals surface area contributed by atoms with Gasteiger partial charge >= 0.3 is 11.9 Å². The van der Waals surface area contributed by atoms with E-state index in [0.29, 0.717) is 11.4 Å². The summed E-state index contributed by atoms with van der Waals surface area (Å²) in [6.07, 6.45) is 1.03. The summed E-state index contributed by atoms with van der Waals surface area (Å²) in [5.41, 5.74) is 0.796. The van der Waals surface area contributed by atoms with Crippen molar-refractivity contribution in [2.75, 3.05) is 43.2 Å². The number of nitrogens with zero attached hydrogens (tertiary/aromatic N) is 1. The van der Waals surface area contributed by atoms with E-state index in [1.807, 2.05) is 0 Å². The lowest BCUT2D eigenvalue weighted by Crippen LogP contribution is -2.35. The molecular formula is C13H18N2O6S. The number of carbonyl (C=O) groups is 2. The molecule has 1 rings (SSSR count). The highest BCUT2D eigenvalue weighted by Crippen LogP contribution is 2.20. The van der Waals surface area contributed by atoms with Crippen molar-refractivity contribution in [3.05, 3.63) is 24.3 Å². The Labute approximate surface area is 129 Å². The summed E-state index contributed by atoms with van der Waals surface area (Å²) in [6.45, 7) is -0.345. The molecule has 8 nitrogen and oxygen atoms in total. The summed E-state index contributed by atoms with van der Waals surface area (Å²) in [6, 6.07) is 6.30. The number of nitrogens with one attached hydrogen (secondary N) is 1. The lowest BCUT2D eigenvalue weighted by atomic mass is 10.2. The van der Waals surface area contributed by atoms with Crippen LogP contribution in [0.5, 0.6) is 0 Å². The predicted molar refractivity (Wildman–Crippen MR) is 81.2 cm³/mol. The third-order valence-corrected chi connectivity index (χ3v) is 3.22. The number of hydrogen-bond donors (Lipinski definition) is 1. The first-order valence-electron chi connectivity index (χ1n) is 6.21. The Kier molecular flexibility index (Phi) is 6.17. The van der Waals surface area contributed by atoms with Gasteiger partial charge in [-0.25, -0.2) is 8.42 Å². The zero-order valence-corrected chi connectivity index (χ0v) is 13.3. The molecule has 0 aliphatic heterocycles. The van der Waals surface area contributed by atoms with Gasteiger partial charge in [-0.15, -0.1) is 0 Å². The number of carbonyl (C=O) groups excluding carboxylic acids is 2. The Hall–Kier alpha value is -2.29. The molecule has 0 atom stereocenters. The van der Waals surface area contributed by atoms with E-state index in [1.165, 1.54) is 25.2 Å². The van der Waals surface area contributed by atoms with Crippen LogP contribution < -0.4 is 9.62 Å². The monoisotopic (exact) mass is 330 g/mol. The maximum absolute atomic E-state index is 11.5. The second kappa shape index (κ2) is 7.64. The summed E-state index contributed by atoms with van der Waals surface area (Å²) in [5, 5.41) is 0. The standard InChI is InChI=1S/C13H18N2O6S/c1-20-12(16)8-15(9-13(17)21-2)11-6-4-5-10(7-11)14-22(3,18)19/h4-7,14H,8-9H2,1-3H3. The lowest BCUT2D eigenvalue weighted by molar-refractivity contribution is -0.140. The fourth-order valence-electron chi connectivity index (χ4n) is 1.66. The fourth-order valence-corrected chi connectivity index (χ4v) is 2.21. The molecule has 1 aromatic carbocycles. The van der Waals surface area contributed by atoms with Gasteiger partial charge in [-0.05, 0) is 18.2 Å². The molecule has 122 valence electrons. The topological polar surface area (TPSA) is 102 Å². The molecule has 0 amide bonds. The Morgan fingerprint density at radius 2 is 1.68 bits per heavy atom. The summed E-state index contributed by atoms with van der Waals surface area (Å²) in [4.78, 5) is 24.3. The smallest absolute Gasteiger partial charge is 0.325 e. The highest BCUT2D eigenvalue weighted by molar-refractivity contribution is 7.92. The molecule has 1 aromatic rings. The van der Waals surface area contributed by atoms with Crippen LogP contribution in [0.4, 0.5) is 11.4 Å². The van der Waals surface area contributed by atoms with Crippen LogP contribution in [0, 0.1) is 0 Å². The van der Waals surface area contributed by atoms with E-state index in [0.717, 1.165) is 6.26 Å². The third kappa shape index (κ3) is 6.00. The van der Waals surface area contributed by atoms with Crippen LogP contribution in [-0.4, -0.2) is 53.9 Å². The molecule has 0 aliphatic rings. The second-order valence-electron chi connectivity index (χ2n) is 4.43. The molecule has 0 spiro atoms. The summed E-state index contributed by atoms with van der Waals surface area (Å²) < 4.78 is 34.0. The number of benzene rings is 1. The van der Waals surface area contributed by atoms with Crippen LogP contribution in [0.15, 0.2) is 24.3 Å². The summed E-state index contributed by atoms with van der Waals surface area (Å²) in [5.74, 6) is -1.07. The number of anilines is 2. The van der Waals surface area contributed by atoms with E-state index in [-0.39, 0.29) is 13.1 Å². The zero-order valence-electron chi connectivity index (χ0n) is 12.5. The van der Waals surface area contributed by atoms with Gasteiger partial charge in [0.15, 0.2) is 0 Å². The maximum Gasteiger partial charge on any atom is 0.325 e. The number of esters is 2. The number of sulfonamides is 1. The first-order chi connectivity index (χ1) is 10.2. The molecule has 1 N–H and O–H groups in total. The third-order valence-electron chi connectivity index (χ3n) is 2.61. The minimum absolute atomic E-state index is 0.173. The van der Waals surface area contributed by atoms with Gasteiger partial charge in [0.1, 0.15) is 13.1 Å². The van der Waals surface area contributed by atoms with Crippen LogP contribution in [0.2, 0.25) is 0 Å². The van der Waals surface area contributed by atoms with Gasteiger partial charge in [0.2, 0.25) is 10.0 Å². The van der Waals surface area contributed by atoms with E-state index in [2.05, 4.69) is 14.2 Å². The second-order valence-corrected chi connectivity index (χ2v) is 6.18. The molecule has 0 fully saturated rings. The van der Waals surface area contributed by atoms with Crippen molar-refractivity contribution >= 4 is 33.3 Å². The first-order valence-corrected chi connectivity index (χ1v) is 8.10. The van der Waals surface area contributed by atoms with Crippen LogP contribution in [0.25, 0.3) is 0 Å². The molecule has 0 aliphatic carbocycles. The number of methoxy groups -OCH3 is 2. The SMILES string of the molecule is COC(=O)CN(CC(=O)OC)c1cccc(NS(C)(=O)=O)c1. The minimum atomic E-state index is -3.43.